The highest BCUT2D eigenvalue weighted by molar-refractivity contribution is 7.15. The van der Waals surface area contributed by atoms with Crippen LogP contribution in [0.3, 0.4) is 0 Å². The normalized spacial score (nSPS) is 21.3. The molecule has 5 heteroatoms. The van der Waals surface area contributed by atoms with Crippen molar-refractivity contribution in [2.24, 2.45) is 0 Å². The number of aryl methyl sites for hydroxylation is 1. The first-order valence-electron chi connectivity index (χ1n) is 8.32. The van der Waals surface area contributed by atoms with Crippen LogP contribution in [0.4, 0.5) is 5.13 Å². The molecule has 2 aliphatic carbocycles. The lowest BCUT2D eigenvalue weighted by atomic mass is 9.97. The average Bonchev–Trinajstić information content (AvgIpc) is 3.24. The molecule has 0 aromatic carbocycles. The minimum absolute atomic E-state index is 0.474. The lowest BCUT2D eigenvalue weighted by Gasteiger charge is -2.22. The average molecular weight is 309 g/mol. The van der Waals surface area contributed by atoms with E-state index in [4.69, 9.17) is 9.72 Å². The highest BCUT2D eigenvalue weighted by atomic mass is 32.1. The Bertz CT molecular complexity index is 458. The molecule has 2 aliphatic rings. The molecule has 1 heterocycles. The highest BCUT2D eigenvalue weighted by Gasteiger charge is 2.33. The summed E-state index contributed by atoms with van der Waals surface area (Å²) in [6.07, 6.45) is 7.54. The molecule has 1 fully saturated rings. The van der Waals surface area contributed by atoms with Crippen molar-refractivity contribution in [3.63, 3.8) is 0 Å². The van der Waals surface area contributed by atoms with Crippen molar-refractivity contribution in [2.45, 2.75) is 57.5 Å². The van der Waals surface area contributed by atoms with Gasteiger partial charge in [-0.1, -0.05) is 6.92 Å². The van der Waals surface area contributed by atoms with Gasteiger partial charge in [-0.15, -0.1) is 11.3 Å². The van der Waals surface area contributed by atoms with Crippen molar-refractivity contribution in [3.05, 3.63) is 10.6 Å². The molecule has 3 rings (SSSR count). The summed E-state index contributed by atoms with van der Waals surface area (Å²) in [6, 6.07) is 1.18. The molecule has 0 aliphatic heterocycles. The zero-order valence-electron chi connectivity index (χ0n) is 13.2. The second-order valence-electron chi connectivity index (χ2n) is 6.12. The van der Waals surface area contributed by atoms with Crippen molar-refractivity contribution < 1.29 is 4.74 Å². The van der Waals surface area contributed by atoms with Crippen molar-refractivity contribution in [3.8, 4) is 0 Å². The minimum Gasteiger partial charge on any atom is -0.383 e. The van der Waals surface area contributed by atoms with Gasteiger partial charge in [0.2, 0.25) is 0 Å². The first-order chi connectivity index (χ1) is 10.3. The summed E-state index contributed by atoms with van der Waals surface area (Å²) in [4.78, 5) is 9.01. The molecule has 0 radical (unpaired) electrons. The third-order valence-electron chi connectivity index (χ3n) is 4.35. The van der Waals surface area contributed by atoms with Gasteiger partial charge in [0.05, 0.1) is 18.3 Å². The zero-order chi connectivity index (χ0) is 14.7. The van der Waals surface area contributed by atoms with Crippen molar-refractivity contribution in [2.75, 3.05) is 31.7 Å². The Balaban J connectivity index is 1.76. The van der Waals surface area contributed by atoms with E-state index in [0.29, 0.717) is 12.1 Å². The van der Waals surface area contributed by atoms with Crippen LogP contribution in [0.5, 0.6) is 0 Å². The van der Waals surface area contributed by atoms with Gasteiger partial charge in [0.25, 0.3) is 0 Å². The Hall–Kier alpha value is -0.650. The van der Waals surface area contributed by atoms with E-state index < -0.39 is 0 Å². The summed E-state index contributed by atoms with van der Waals surface area (Å²) < 4.78 is 5.27. The molecule has 0 amide bonds. The number of hydrogen-bond donors (Lipinski definition) is 1. The largest absolute Gasteiger partial charge is 0.383 e. The van der Waals surface area contributed by atoms with Crippen LogP contribution in [0.1, 0.15) is 55.6 Å². The smallest absolute Gasteiger partial charge is 0.186 e. The Kier molecular flexibility index (Phi) is 5.14. The quantitative estimate of drug-likeness (QED) is 0.800. The zero-order valence-corrected chi connectivity index (χ0v) is 14.0. The van der Waals surface area contributed by atoms with Gasteiger partial charge in [-0.3, -0.25) is 0 Å². The van der Waals surface area contributed by atoms with E-state index in [0.717, 1.165) is 19.7 Å². The molecule has 0 spiro atoms. The highest BCUT2D eigenvalue weighted by Crippen LogP contribution is 2.40. The number of rotatable bonds is 8. The van der Waals surface area contributed by atoms with Crippen molar-refractivity contribution in [1.29, 1.82) is 0 Å². The predicted molar refractivity (Wildman–Crippen MR) is 88.3 cm³/mol. The molecule has 1 N–H and O–H groups in total. The van der Waals surface area contributed by atoms with Crippen LogP contribution in [-0.2, 0) is 11.2 Å². The molecule has 1 aromatic rings. The molecule has 0 bridgehead atoms. The van der Waals surface area contributed by atoms with E-state index in [1.165, 1.54) is 54.2 Å². The van der Waals surface area contributed by atoms with Crippen molar-refractivity contribution in [1.82, 2.24) is 10.3 Å². The van der Waals surface area contributed by atoms with Crippen LogP contribution in [0, 0.1) is 0 Å². The first-order valence-corrected chi connectivity index (χ1v) is 9.13. The summed E-state index contributed by atoms with van der Waals surface area (Å²) in [5.41, 5.74) is 1.33. The van der Waals surface area contributed by atoms with Gasteiger partial charge in [0.1, 0.15) is 0 Å². The molecule has 118 valence electrons. The topological polar surface area (TPSA) is 37.4 Å². The molecule has 0 saturated heterocycles. The third kappa shape index (κ3) is 3.58. The number of ether oxygens (including phenoxy) is 1. The standard InChI is InChI=1S/C16H27N3OS/c1-3-9-17-13-5-4-6-14-15(13)18-16(21-14)19(10-11-20-2)12-7-8-12/h12-13,17H,3-11H2,1-2H3. The fourth-order valence-electron chi connectivity index (χ4n) is 3.06. The van der Waals surface area contributed by atoms with E-state index in [1.807, 2.05) is 11.3 Å². The fraction of sp³-hybridized carbons (Fsp3) is 0.812. The Morgan fingerprint density at radius 1 is 1.38 bits per heavy atom. The Labute approximate surface area is 131 Å². The van der Waals surface area contributed by atoms with E-state index >= 15 is 0 Å². The van der Waals surface area contributed by atoms with Gasteiger partial charge in [-0.05, 0) is 45.1 Å². The van der Waals surface area contributed by atoms with Gasteiger partial charge < -0.3 is 15.0 Å². The second-order valence-corrected chi connectivity index (χ2v) is 7.18. The molecule has 1 unspecified atom stereocenters. The van der Waals surface area contributed by atoms with Crippen molar-refractivity contribution >= 4 is 16.5 Å². The number of nitrogens with one attached hydrogen (secondary N) is 1. The monoisotopic (exact) mass is 309 g/mol. The van der Waals surface area contributed by atoms with Crippen LogP contribution in [-0.4, -0.2) is 37.8 Å². The van der Waals surface area contributed by atoms with Crippen LogP contribution in [0.25, 0.3) is 0 Å². The maximum absolute atomic E-state index is 5.27. The summed E-state index contributed by atoms with van der Waals surface area (Å²) in [5.74, 6) is 0. The molecular formula is C16H27N3OS. The molecule has 1 aromatic heterocycles. The SMILES string of the molecule is CCCNC1CCCc2sc(N(CCOC)C3CC3)nc21. The number of aromatic nitrogens is 1. The van der Waals surface area contributed by atoms with Gasteiger partial charge in [-0.25, -0.2) is 4.98 Å². The summed E-state index contributed by atoms with van der Waals surface area (Å²) in [5, 5.41) is 4.90. The van der Waals surface area contributed by atoms with E-state index in [-0.39, 0.29) is 0 Å². The summed E-state index contributed by atoms with van der Waals surface area (Å²) in [7, 11) is 1.78. The maximum Gasteiger partial charge on any atom is 0.186 e. The molecule has 1 atom stereocenters. The number of anilines is 1. The minimum atomic E-state index is 0.474. The van der Waals surface area contributed by atoms with E-state index in [1.54, 1.807) is 7.11 Å². The number of hydrogen-bond acceptors (Lipinski definition) is 5. The van der Waals surface area contributed by atoms with E-state index in [9.17, 15) is 0 Å². The number of methoxy groups -OCH3 is 1. The molecule has 21 heavy (non-hydrogen) atoms. The maximum atomic E-state index is 5.27. The lowest BCUT2D eigenvalue weighted by molar-refractivity contribution is 0.205. The van der Waals surface area contributed by atoms with E-state index in [2.05, 4.69) is 17.1 Å². The Morgan fingerprint density at radius 2 is 2.24 bits per heavy atom. The number of thiazole rings is 1. The lowest BCUT2D eigenvalue weighted by Crippen LogP contribution is -2.29. The molecular weight excluding hydrogens is 282 g/mol. The van der Waals surface area contributed by atoms with Crippen LogP contribution in [0.2, 0.25) is 0 Å². The summed E-state index contributed by atoms with van der Waals surface area (Å²) in [6.45, 7) is 5.08. The first kappa shape index (κ1) is 15.3. The van der Waals surface area contributed by atoms with Gasteiger partial charge in [0, 0.05) is 24.6 Å². The fourth-order valence-corrected chi connectivity index (χ4v) is 4.32. The van der Waals surface area contributed by atoms with Gasteiger partial charge in [0.15, 0.2) is 5.13 Å². The van der Waals surface area contributed by atoms with Crippen LogP contribution in [0.15, 0.2) is 0 Å². The van der Waals surface area contributed by atoms with Gasteiger partial charge in [-0.2, -0.15) is 0 Å². The molecule has 4 nitrogen and oxygen atoms in total. The van der Waals surface area contributed by atoms with Gasteiger partial charge >= 0.3 is 0 Å². The number of fused-ring (bicyclic) bond motifs is 1. The van der Waals surface area contributed by atoms with Crippen LogP contribution < -0.4 is 10.2 Å². The number of nitrogens with zero attached hydrogens (tertiary/aromatic N) is 2. The summed E-state index contributed by atoms with van der Waals surface area (Å²) >= 11 is 1.92. The molecule has 1 saturated carbocycles. The third-order valence-corrected chi connectivity index (χ3v) is 5.52. The second kappa shape index (κ2) is 7.07. The Morgan fingerprint density at radius 3 is 2.95 bits per heavy atom. The predicted octanol–water partition coefficient (Wildman–Crippen LogP) is 3.14. The van der Waals surface area contributed by atoms with Crippen LogP contribution >= 0.6 is 11.3 Å².